The number of anilines is 1. The first-order valence-corrected chi connectivity index (χ1v) is 9.17. The van der Waals surface area contributed by atoms with Crippen molar-refractivity contribution in [1.82, 2.24) is 9.97 Å². The number of hydrogen-bond donors (Lipinski definition) is 2. The Morgan fingerprint density at radius 3 is 2.64 bits per heavy atom. The van der Waals surface area contributed by atoms with Crippen molar-refractivity contribution in [2.24, 2.45) is 0 Å². The summed E-state index contributed by atoms with van der Waals surface area (Å²) in [7, 11) is 0. The maximum absolute atomic E-state index is 12.1. The molecule has 0 radical (unpaired) electrons. The van der Waals surface area contributed by atoms with Crippen LogP contribution in [0.25, 0.3) is 0 Å². The highest BCUT2D eigenvalue weighted by atomic mass is 32.2. The summed E-state index contributed by atoms with van der Waals surface area (Å²) in [6.07, 6.45) is 3.88. The van der Waals surface area contributed by atoms with Gasteiger partial charge in [0.25, 0.3) is 0 Å². The van der Waals surface area contributed by atoms with Crippen LogP contribution in [-0.2, 0) is 17.6 Å². The predicted molar refractivity (Wildman–Crippen MR) is 97.3 cm³/mol. The minimum atomic E-state index is -0.358. The van der Waals surface area contributed by atoms with Crippen LogP contribution in [0.5, 0.6) is 0 Å². The number of rotatable bonds is 5. The molecule has 0 aliphatic heterocycles. The third kappa shape index (κ3) is 4.36. The number of aryl methyl sites for hydroxylation is 1. The highest BCUT2D eigenvalue weighted by Gasteiger charge is 2.17. The number of hydrogen-bond acceptors (Lipinski definition) is 5. The van der Waals surface area contributed by atoms with Gasteiger partial charge in [-0.3, -0.25) is 9.59 Å². The zero-order valence-corrected chi connectivity index (χ0v) is 14.7. The molecule has 25 heavy (non-hydrogen) atoms. The molecule has 1 aliphatic carbocycles. The number of carbonyl (C=O) groups excluding carboxylic acids is 2. The van der Waals surface area contributed by atoms with Crippen molar-refractivity contribution in [3.05, 3.63) is 51.6 Å². The lowest BCUT2D eigenvalue weighted by molar-refractivity contribution is -0.113. The third-order valence-electron chi connectivity index (χ3n) is 4.10. The maximum Gasteiger partial charge on any atom is 0.346 e. The van der Waals surface area contributed by atoms with Crippen LogP contribution in [0.1, 0.15) is 41.4 Å². The molecule has 7 heteroatoms. The number of amides is 1. The van der Waals surface area contributed by atoms with Crippen molar-refractivity contribution in [3.8, 4) is 0 Å². The second kappa shape index (κ2) is 7.65. The molecule has 0 saturated carbocycles. The van der Waals surface area contributed by atoms with Gasteiger partial charge in [-0.05, 0) is 56.9 Å². The van der Waals surface area contributed by atoms with Crippen LogP contribution < -0.4 is 11.0 Å². The monoisotopic (exact) mass is 357 g/mol. The van der Waals surface area contributed by atoms with Gasteiger partial charge in [-0.25, -0.2) is 4.79 Å². The maximum atomic E-state index is 12.1. The molecule has 0 unspecified atom stereocenters. The number of aromatic nitrogens is 2. The average molecular weight is 357 g/mol. The number of nitrogens with one attached hydrogen (secondary N) is 2. The second-order valence-corrected chi connectivity index (χ2v) is 6.95. The van der Waals surface area contributed by atoms with Gasteiger partial charge in [-0.15, -0.1) is 0 Å². The molecule has 6 nitrogen and oxygen atoms in total. The largest absolute Gasteiger partial charge is 0.346 e. The van der Waals surface area contributed by atoms with Gasteiger partial charge in [-0.1, -0.05) is 11.8 Å². The molecule has 1 aromatic carbocycles. The number of benzene rings is 1. The van der Waals surface area contributed by atoms with Gasteiger partial charge in [0.05, 0.1) is 5.75 Å². The lowest BCUT2D eigenvalue weighted by atomic mass is 9.98. The fourth-order valence-electron chi connectivity index (χ4n) is 2.83. The predicted octanol–water partition coefficient (Wildman–Crippen LogP) is 2.58. The van der Waals surface area contributed by atoms with E-state index >= 15 is 0 Å². The Bertz CT molecular complexity index is 859. The zero-order chi connectivity index (χ0) is 17.8. The van der Waals surface area contributed by atoms with E-state index in [-0.39, 0.29) is 23.1 Å². The molecule has 1 aromatic heterocycles. The highest BCUT2D eigenvalue weighted by molar-refractivity contribution is 8.00. The second-order valence-electron chi connectivity index (χ2n) is 5.98. The Labute approximate surface area is 149 Å². The molecule has 0 atom stereocenters. The van der Waals surface area contributed by atoms with E-state index in [2.05, 4.69) is 15.3 Å². The standard InChI is InChI=1S/C18H19N3O3S/c1-11(22)12-6-8-13(9-7-12)19-16(23)10-25-17-14-4-2-3-5-15(14)20-18(24)21-17/h6-9H,2-5,10H2,1H3,(H,19,23)(H,20,21,24). The van der Waals surface area contributed by atoms with Gasteiger partial charge < -0.3 is 10.3 Å². The minimum Gasteiger partial charge on any atom is -0.325 e. The molecule has 0 saturated heterocycles. The van der Waals surface area contributed by atoms with E-state index < -0.39 is 0 Å². The number of fused-ring (bicyclic) bond motifs is 1. The van der Waals surface area contributed by atoms with Crippen LogP contribution in [0.2, 0.25) is 0 Å². The Balaban J connectivity index is 1.64. The van der Waals surface area contributed by atoms with E-state index in [0.29, 0.717) is 16.3 Å². The SMILES string of the molecule is CC(=O)c1ccc(NC(=O)CSc2nc(=O)[nH]c3c2CCCC3)cc1. The number of aromatic amines is 1. The molecule has 0 bridgehead atoms. The Morgan fingerprint density at radius 1 is 1.20 bits per heavy atom. The molecule has 0 fully saturated rings. The molecule has 1 aliphatic rings. The summed E-state index contributed by atoms with van der Waals surface area (Å²) in [6.45, 7) is 1.50. The highest BCUT2D eigenvalue weighted by Crippen LogP contribution is 2.27. The van der Waals surface area contributed by atoms with Crippen LogP contribution in [0.3, 0.4) is 0 Å². The van der Waals surface area contributed by atoms with Crippen molar-refractivity contribution in [2.75, 3.05) is 11.1 Å². The third-order valence-corrected chi connectivity index (χ3v) is 5.12. The summed E-state index contributed by atoms with van der Waals surface area (Å²) in [5, 5.41) is 3.44. The molecule has 2 N–H and O–H groups in total. The van der Waals surface area contributed by atoms with E-state index in [1.54, 1.807) is 24.3 Å². The van der Waals surface area contributed by atoms with Crippen molar-refractivity contribution in [3.63, 3.8) is 0 Å². The van der Waals surface area contributed by atoms with E-state index in [1.807, 2.05) is 0 Å². The van der Waals surface area contributed by atoms with E-state index in [9.17, 15) is 14.4 Å². The summed E-state index contributed by atoms with van der Waals surface area (Å²) in [4.78, 5) is 41.9. The van der Waals surface area contributed by atoms with Crippen LogP contribution in [-0.4, -0.2) is 27.4 Å². The Hall–Kier alpha value is -2.41. The van der Waals surface area contributed by atoms with Crippen molar-refractivity contribution >= 4 is 29.1 Å². The Morgan fingerprint density at radius 2 is 1.92 bits per heavy atom. The van der Waals surface area contributed by atoms with E-state index in [0.717, 1.165) is 36.9 Å². The summed E-state index contributed by atoms with van der Waals surface area (Å²) < 4.78 is 0. The molecule has 130 valence electrons. The van der Waals surface area contributed by atoms with Crippen LogP contribution in [0.15, 0.2) is 34.1 Å². The number of carbonyl (C=O) groups is 2. The lowest BCUT2D eigenvalue weighted by Gasteiger charge is -2.17. The quantitative estimate of drug-likeness (QED) is 0.487. The zero-order valence-electron chi connectivity index (χ0n) is 13.9. The van der Waals surface area contributed by atoms with E-state index in [1.165, 1.54) is 18.7 Å². The minimum absolute atomic E-state index is 0.0152. The van der Waals surface area contributed by atoms with E-state index in [4.69, 9.17) is 0 Å². The molecule has 0 spiro atoms. The van der Waals surface area contributed by atoms with Gasteiger partial charge >= 0.3 is 5.69 Å². The molecular weight excluding hydrogens is 338 g/mol. The lowest BCUT2D eigenvalue weighted by Crippen LogP contribution is -2.21. The molecule has 1 heterocycles. The normalized spacial score (nSPS) is 13.2. The molecular formula is C18H19N3O3S. The summed E-state index contributed by atoms with van der Waals surface area (Å²) in [5.41, 5.74) is 2.90. The molecule has 1 amide bonds. The first kappa shape index (κ1) is 17.4. The number of thioether (sulfide) groups is 1. The topological polar surface area (TPSA) is 91.9 Å². The fourth-order valence-corrected chi connectivity index (χ4v) is 3.72. The van der Waals surface area contributed by atoms with Crippen LogP contribution >= 0.6 is 11.8 Å². The van der Waals surface area contributed by atoms with Gasteiger partial charge in [0, 0.05) is 22.5 Å². The van der Waals surface area contributed by atoms with Gasteiger partial charge in [-0.2, -0.15) is 4.98 Å². The number of nitrogens with zero attached hydrogens (tertiary/aromatic N) is 1. The number of ketones is 1. The number of Topliss-reactive ketones (excluding diaryl/α,β-unsaturated/α-hetero) is 1. The smallest absolute Gasteiger partial charge is 0.325 e. The molecule has 2 aromatic rings. The summed E-state index contributed by atoms with van der Waals surface area (Å²) in [5.74, 6) is -0.0111. The Kier molecular flexibility index (Phi) is 5.33. The first-order chi connectivity index (χ1) is 12.0. The summed E-state index contributed by atoms with van der Waals surface area (Å²) in [6, 6.07) is 6.76. The van der Waals surface area contributed by atoms with Gasteiger partial charge in [0.2, 0.25) is 5.91 Å². The van der Waals surface area contributed by atoms with Crippen LogP contribution in [0.4, 0.5) is 5.69 Å². The average Bonchev–Trinajstić information content (AvgIpc) is 2.60. The van der Waals surface area contributed by atoms with Gasteiger partial charge in [0.15, 0.2) is 5.78 Å². The fraction of sp³-hybridized carbons (Fsp3) is 0.333. The van der Waals surface area contributed by atoms with Gasteiger partial charge in [0.1, 0.15) is 5.03 Å². The summed E-state index contributed by atoms with van der Waals surface area (Å²) >= 11 is 1.29. The molecule has 3 rings (SSSR count). The van der Waals surface area contributed by atoms with Crippen molar-refractivity contribution < 1.29 is 9.59 Å². The van der Waals surface area contributed by atoms with Crippen molar-refractivity contribution in [2.45, 2.75) is 37.6 Å². The number of H-pyrrole nitrogens is 1. The van der Waals surface area contributed by atoms with Crippen LogP contribution in [0, 0.1) is 0 Å². The first-order valence-electron chi connectivity index (χ1n) is 8.18. The van der Waals surface area contributed by atoms with Crippen molar-refractivity contribution in [1.29, 1.82) is 0 Å².